The van der Waals surface area contributed by atoms with Crippen LogP contribution in [-0.2, 0) is 6.54 Å². The lowest BCUT2D eigenvalue weighted by molar-refractivity contribution is 0.473. The Bertz CT molecular complexity index is 620. The summed E-state index contributed by atoms with van der Waals surface area (Å²) in [6, 6.07) is 9.95. The highest BCUT2D eigenvalue weighted by molar-refractivity contribution is 7.99. The molecule has 0 saturated heterocycles. The maximum absolute atomic E-state index is 6.20. The maximum atomic E-state index is 6.20. The number of hydrogen-bond acceptors (Lipinski definition) is 3. The highest BCUT2D eigenvalue weighted by atomic mass is 35.5. The van der Waals surface area contributed by atoms with E-state index in [2.05, 4.69) is 13.0 Å². The molecule has 0 aliphatic heterocycles. The first-order valence-electron chi connectivity index (χ1n) is 6.96. The minimum atomic E-state index is 0.462. The van der Waals surface area contributed by atoms with Crippen LogP contribution in [0.2, 0.25) is 5.02 Å². The highest BCUT2D eigenvalue weighted by Gasteiger charge is 2.10. The Labute approximate surface area is 135 Å². The molecule has 21 heavy (non-hydrogen) atoms. The van der Waals surface area contributed by atoms with Crippen LogP contribution < -0.4 is 10.5 Å². The van der Waals surface area contributed by atoms with E-state index in [4.69, 9.17) is 22.1 Å². The number of thioether (sulfide) groups is 1. The van der Waals surface area contributed by atoms with Crippen LogP contribution in [0.5, 0.6) is 11.5 Å². The highest BCUT2D eigenvalue weighted by Crippen LogP contribution is 2.34. The second kappa shape index (κ2) is 7.21. The monoisotopic (exact) mass is 321 g/mol. The van der Waals surface area contributed by atoms with E-state index in [1.54, 1.807) is 11.8 Å². The van der Waals surface area contributed by atoms with Crippen LogP contribution in [0.25, 0.3) is 0 Å². The molecule has 0 aliphatic carbocycles. The van der Waals surface area contributed by atoms with E-state index in [9.17, 15) is 0 Å². The van der Waals surface area contributed by atoms with Gasteiger partial charge < -0.3 is 10.5 Å². The fraction of sp³-hybridized carbons (Fsp3) is 0.294. The van der Waals surface area contributed by atoms with Crippen molar-refractivity contribution in [2.45, 2.75) is 32.2 Å². The van der Waals surface area contributed by atoms with Gasteiger partial charge in [0.25, 0.3) is 0 Å². The number of hydrogen-bond donors (Lipinski definition) is 1. The van der Waals surface area contributed by atoms with E-state index >= 15 is 0 Å². The molecular formula is C17H20ClNOS. The molecule has 0 unspecified atom stereocenters. The number of nitrogens with two attached hydrogens (primary N) is 1. The van der Waals surface area contributed by atoms with Gasteiger partial charge in [-0.25, -0.2) is 0 Å². The molecule has 0 atom stereocenters. The Morgan fingerprint density at radius 1 is 1.19 bits per heavy atom. The molecule has 2 aromatic rings. The Morgan fingerprint density at radius 3 is 2.43 bits per heavy atom. The van der Waals surface area contributed by atoms with Crippen LogP contribution in [0.1, 0.15) is 23.6 Å². The second-order valence-electron chi connectivity index (χ2n) is 4.84. The van der Waals surface area contributed by atoms with E-state index in [-0.39, 0.29) is 0 Å². The van der Waals surface area contributed by atoms with Crippen molar-refractivity contribution in [3.05, 3.63) is 52.0 Å². The minimum absolute atomic E-state index is 0.462. The smallest absolute Gasteiger partial charge is 0.133 e. The molecule has 0 aromatic heterocycles. The molecule has 2 N–H and O–H groups in total. The molecule has 2 rings (SSSR count). The fourth-order valence-electron chi connectivity index (χ4n) is 2.23. The minimum Gasteiger partial charge on any atom is -0.457 e. The van der Waals surface area contributed by atoms with E-state index in [1.165, 1.54) is 4.90 Å². The van der Waals surface area contributed by atoms with Gasteiger partial charge in [0.05, 0.1) is 0 Å². The van der Waals surface area contributed by atoms with E-state index in [1.807, 2.05) is 38.1 Å². The lowest BCUT2D eigenvalue weighted by atomic mass is 10.1. The Kier molecular flexibility index (Phi) is 5.57. The normalized spacial score (nSPS) is 10.7. The zero-order valence-corrected chi connectivity index (χ0v) is 14.1. The Balaban J connectivity index is 2.37. The standard InChI is InChI=1S/C17H20ClNOS/c1-4-21-16-7-5-6-15(14(16)10-19)20-13-8-11(2)17(18)12(3)9-13/h5-9H,4,10,19H2,1-3H3. The Hall–Kier alpha value is -1.16. The summed E-state index contributed by atoms with van der Waals surface area (Å²) >= 11 is 7.98. The zero-order valence-electron chi connectivity index (χ0n) is 12.6. The largest absolute Gasteiger partial charge is 0.457 e. The van der Waals surface area contributed by atoms with Gasteiger partial charge in [0.2, 0.25) is 0 Å². The predicted molar refractivity (Wildman–Crippen MR) is 91.7 cm³/mol. The van der Waals surface area contributed by atoms with Crippen LogP contribution in [-0.4, -0.2) is 5.75 Å². The van der Waals surface area contributed by atoms with Gasteiger partial charge in [-0.2, -0.15) is 0 Å². The van der Waals surface area contributed by atoms with Gasteiger partial charge in [0, 0.05) is 22.0 Å². The summed E-state index contributed by atoms with van der Waals surface area (Å²) in [5.41, 5.74) is 8.98. The number of rotatable bonds is 5. The van der Waals surface area contributed by atoms with Gasteiger partial charge in [-0.3, -0.25) is 0 Å². The van der Waals surface area contributed by atoms with Crippen molar-refractivity contribution >= 4 is 23.4 Å². The van der Waals surface area contributed by atoms with Gasteiger partial charge in [-0.1, -0.05) is 24.6 Å². The van der Waals surface area contributed by atoms with Gasteiger partial charge in [0.15, 0.2) is 0 Å². The van der Waals surface area contributed by atoms with Crippen LogP contribution >= 0.6 is 23.4 Å². The number of ether oxygens (including phenoxy) is 1. The summed E-state index contributed by atoms with van der Waals surface area (Å²) in [4.78, 5) is 1.18. The predicted octanol–water partition coefficient (Wildman–Crippen LogP) is 5.32. The average Bonchev–Trinajstić information content (AvgIpc) is 2.45. The fourth-order valence-corrected chi connectivity index (χ4v) is 3.18. The molecule has 0 saturated carbocycles. The van der Waals surface area contributed by atoms with E-state index in [0.717, 1.165) is 39.0 Å². The molecule has 0 spiro atoms. The molecule has 0 bridgehead atoms. The van der Waals surface area contributed by atoms with Crippen molar-refractivity contribution in [3.8, 4) is 11.5 Å². The lowest BCUT2D eigenvalue weighted by Gasteiger charge is -2.15. The summed E-state index contributed by atoms with van der Waals surface area (Å²) in [5.74, 6) is 2.62. The first kappa shape index (κ1) is 16.2. The third-order valence-corrected chi connectivity index (χ3v) is 4.81. The second-order valence-corrected chi connectivity index (χ2v) is 6.53. The SMILES string of the molecule is CCSc1cccc(Oc2cc(C)c(Cl)c(C)c2)c1CN. The quantitative estimate of drug-likeness (QED) is 0.757. The summed E-state index contributed by atoms with van der Waals surface area (Å²) < 4.78 is 6.05. The summed E-state index contributed by atoms with van der Waals surface area (Å²) in [5, 5.41) is 0.789. The van der Waals surface area contributed by atoms with E-state index in [0.29, 0.717) is 6.54 Å². The van der Waals surface area contributed by atoms with E-state index < -0.39 is 0 Å². The Morgan fingerprint density at radius 2 is 1.86 bits per heavy atom. The molecule has 0 aliphatic rings. The van der Waals surface area contributed by atoms with Crippen LogP contribution in [0.3, 0.4) is 0 Å². The molecule has 0 radical (unpaired) electrons. The zero-order chi connectivity index (χ0) is 15.4. The molecule has 0 heterocycles. The van der Waals surface area contributed by atoms with Gasteiger partial charge >= 0.3 is 0 Å². The van der Waals surface area contributed by atoms with Crippen molar-refractivity contribution in [1.29, 1.82) is 0 Å². The van der Waals surface area contributed by atoms with Crippen LogP contribution in [0.15, 0.2) is 35.2 Å². The molecule has 2 aromatic carbocycles. The summed E-state index contributed by atoms with van der Waals surface area (Å²) in [6.07, 6.45) is 0. The topological polar surface area (TPSA) is 35.2 Å². The third-order valence-electron chi connectivity index (χ3n) is 3.23. The van der Waals surface area contributed by atoms with Gasteiger partial charge in [0.1, 0.15) is 11.5 Å². The lowest BCUT2D eigenvalue weighted by Crippen LogP contribution is -2.02. The number of halogens is 1. The number of aryl methyl sites for hydroxylation is 2. The molecule has 4 heteroatoms. The first-order valence-corrected chi connectivity index (χ1v) is 8.32. The molecule has 0 fully saturated rings. The van der Waals surface area contributed by atoms with Crippen molar-refractivity contribution in [2.75, 3.05) is 5.75 Å². The maximum Gasteiger partial charge on any atom is 0.133 e. The molecular weight excluding hydrogens is 302 g/mol. The third kappa shape index (κ3) is 3.73. The van der Waals surface area contributed by atoms with Crippen molar-refractivity contribution in [1.82, 2.24) is 0 Å². The molecule has 112 valence electrons. The van der Waals surface area contributed by atoms with Gasteiger partial charge in [-0.05, 0) is 55.0 Å². The first-order chi connectivity index (χ1) is 10.1. The van der Waals surface area contributed by atoms with Crippen molar-refractivity contribution in [3.63, 3.8) is 0 Å². The average molecular weight is 322 g/mol. The van der Waals surface area contributed by atoms with Gasteiger partial charge in [-0.15, -0.1) is 11.8 Å². The summed E-state index contributed by atoms with van der Waals surface area (Å²) in [7, 11) is 0. The molecule has 2 nitrogen and oxygen atoms in total. The van der Waals surface area contributed by atoms with Crippen molar-refractivity contribution < 1.29 is 4.74 Å². The van der Waals surface area contributed by atoms with Crippen molar-refractivity contribution in [2.24, 2.45) is 5.73 Å². The van der Waals surface area contributed by atoms with Crippen LogP contribution in [0, 0.1) is 13.8 Å². The van der Waals surface area contributed by atoms with Crippen LogP contribution in [0.4, 0.5) is 0 Å². The summed E-state index contributed by atoms with van der Waals surface area (Å²) in [6.45, 7) is 6.55. The number of benzene rings is 2. The molecule has 0 amide bonds.